The average molecular weight is 379 g/mol. The van der Waals surface area contributed by atoms with Crippen molar-refractivity contribution in [1.82, 2.24) is 25.0 Å². The molecule has 0 N–H and O–H groups in total. The molecule has 0 atom stereocenters. The Kier molecular flexibility index (Phi) is 4.85. The summed E-state index contributed by atoms with van der Waals surface area (Å²) in [6.45, 7) is 4.17. The molecule has 4 aromatic rings. The first kappa shape index (κ1) is 17.6. The molecule has 0 aliphatic carbocycles. The summed E-state index contributed by atoms with van der Waals surface area (Å²) in [6, 6.07) is 10.2. The second kappa shape index (κ2) is 7.44. The number of hydrogen-bond acceptors (Lipinski definition) is 5. The van der Waals surface area contributed by atoms with Gasteiger partial charge in [0.1, 0.15) is 16.4 Å². The summed E-state index contributed by atoms with van der Waals surface area (Å²) in [4.78, 5) is 4.16. The lowest BCUT2D eigenvalue weighted by molar-refractivity contribution is 0.627. The Morgan fingerprint density at radius 2 is 1.89 bits per heavy atom. The van der Waals surface area contributed by atoms with Crippen molar-refractivity contribution in [3.8, 4) is 5.69 Å². The molecular weight excluding hydrogens is 361 g/mol. The van der Waals surface area contributed by atoms with Gasteiger partial charge in [-0.3, -0.25) is 4.98 Å². The van der Waals surface area contributed by atoms with E-state index in [-0.39, 0.29) is 11.7 Å². The zero-order chi connectivity index (χ0) is 18.8. The van der Waals surface area contributed by atoms with Crippen LogP contribution in [0, 0.1) is 5.82 Å². The number of halogens is 1. The van der Waals surface area contributed by atoms with Crippen LogP contribution >= 0.6 is 11.8 Å². The van der Waals surface area contributed by atoms with Gasteiger partial charge in [0, 0.05) is 23.5 Å². The van der Waals surface area contributed by atoms with Crippen molar-refractivity contribution in [2.75, 3.05) is 0 Å². The molecule has 27 heavy (non-hydrogen) atoms. The molecule has 0 unspecified atom stereocenters. The molecule has 5 nitrogen and oxygen atoms in total. The highest BCUT2D eigenvalue weighted by Crippen LogP contribution is 2.32. The SMILES string of the molecule is CC(C)c1nnc(SCc2cccnc2)c2c1cnn2-c1ccc(F)cc1. The number of aromatic nitrogens is 5. The van der Waals surface area contributed by atoms with E-state index in [9.17, 15) is 4.39 Å². The fourth-order valence-electron chi connectivity index (χ4n) is 2.88. The lowest BCUT2D eigenvalue weighted by Gasteiger charge is -2.10. The van der Waals surface area contributed by atoms with Crippen molar-refractivity contribution >= 4 is 22.7 Å². The third kappa shape index (κ3) is 3.55. The highest BCUT2D eigenvalue weighted by atomic mass is 32.2. The number of thioether (sulfide) groups is 1. The minimum atomic E-state index is -0.274. The quantitative estimate of drug-likeness (QED) is 0.468. The molecule has 0 fully saturated rings. The van der Waals surface area contributed by atoms with E-state index in [4.69, 9.17) is 0 Å². The summed E-state index contributed by atoms with van der Waals surface area (Å²) in [5.74, 6) is 0.681. The molecule has 0 aliphatic heterocycles. The highest BCUT2D eigenvalue weighted by molar-refractivity contribution is 7.98. The number of fused-ring (bicyclic) bond motifs is 1. The number of benzene rings is 1. The molecule has 1 aromatic carbocycles. The van der Waals surface area contributed by atoms with Crippen LogP contribution in [0.3, 0.4) is 0 Å². The Balaban J connectivity index is 1.81. The van der Waals surface area contributed by atoms with E-state index in [0.717, 1.165) is 38.6 Å². The van der Waals surface area contributed by atoms with Gasteiger partial charge in [-0.05, 0) is 41.8 Å². The first-order chi connectivity index (χ1) is 13.1. The van der Waals surface area contributed by atoms with Crippen LogP contribution in [0.1, 0.15) is 31.0 Å². The van der Waals surface area contributed by atoms with Crippen molar-refractivity contribution in [2.45, 2.75) is 30.5 Å². The first-order valence-corrected chi connectivity index (χ1v) is 9.64. The van der Waals surface area contributed by atoms with Crippen molar-refractivity contribution in [3.05, 3.63) is 72.1 Å². The van der Waals surface area contributed by atoms with E-state index in [2.05, 4.69) is 34.1 Å². The Hall–Kier alpha value is -2.80. The summed E-state index contributed by atoms with van der Waals surface area (Å²) in [6.07, 6.45) is 5.42. The summed E-state index contributed by atoms with van der Waals surface area (Å²) in [5.41, 5.74) is 3.70. The Bertz CT molecular complexity index is 1060. The van der Waals surface area contributed by atoms with Crippen LogP contribution < -0.4 is 0 Å². The highest BCUT2D eigenvalue weighted by Gasteiger charge is 2.18. The maximum absolute atomic E-state index is 13.3. The van der Waals surface area contributed by atoms with Crippen LogP contribution in [0.4, 0.5) is 4.39 Å². The van der Waals surface area contributed by atoms with Crippen molar-refractivity contribution < 1.29 is 4.39 Å². The lowest BCUT2D eigenvalue weighted by atomic mass is 10.1. The van der Waals surface area contributed by atoms with Crippen LogP contribution in [0.25, 0.3) is 16.6 Å². The molecule has 0 saturated heterocycles. The maximum atomic E-state index is 13.3. The molecule has 0 spiro atoms. The normalized spacial score (nSPS) is 11.4. The standard InChI is InChI=1S/C20H18FN5S/c1-13(2)18-17-11-23-26(16-7-5-15(21)6-8-16)19(17)20(25-24-18)27-12-14-4-3-9-22-10-14/h3-11,13H,12H2,1-2H3. The van der Waals surface area contributed by atoms with Crippen LogP contribution in [0.2, 0.25) is 0 Å². The zero-order valence-corrected chi connectivity index (χ0v) is 15.8. The largest absolute Gasteiger partial charge is 0.264 e. The predicted molar refractivity (Wildman–Crippen MR) is 105 cm³/mol. The minimum Gasteiger partial charge on any atom is -0.264 e. The van der Waals surface area contributed by atoms with Crippen molar-refractivity contribution in [1.29, 1.82) is 0 Å². The van der Waals surface area contributed by atoms with Crippen LogP contribution in [-0.4, -0.2) is 25.0 Å². The van der Waals surface area contributed by atoms with Gasteiger partial charge in [-0.15, -0.1) is 5.10 Å². The van der Waals surface area contributed by atoms with Crippen LogP contribution in [0.15, 0.2) is 60.0 Å². The van der Waals surface area contributed by atoms with Crippen LogP contribution in [0.5, 0.6) is 0 Å². The minimum absolute atomic E-state index is 0.225. The second-order valence-corrected chi connectivity index (χ2v) is 7.45. The number of hydrogen-bond donors (Lipinski definition) is 0. The van der Waals surface area contributed by atoms with Gasteiger partial charge in [0.2, 0.25) is 0 Å². The van der Waals surface area contributed by atoms with Gasteiger partial charge in [0.15, 0.2) is 0 Å². The molecule has 0 bridgehead atoms. The maximum Gasteiger partial charge on any atom is 0.146 e. The predicted octanol–water partition coefficient (Wildman–Crippen LogP) is 4.77. The van der Waals surface area contributed by atoms with Gasteiger partial charge in [0.05, 0.1) is 17.6 Å². The van der Waals surface area contributed by atoms with E-state index in [1.165, 1.54) is 12.1 Å². The molecule has 3 heterocycles. The van der Waals surface area contributed by atoms with Crippen molar-refractivity contribution in [2.24, 2.45) is 0 Å². The van der Waals surface area contributed by atoms with Gasteiger partial charge in [-0.1, -0.05) is 31.7 Å². The molecule has 0 amide bonds. The van der Waals surface area contributed by atoms with Gasteiger partial charge < -0.3 is 0 Å². The topological polar surface area (TPSA) is 56.5 Å². The smallest absolute Gasteiger partial charge is 0.146 e. The van der Waals surface area contributed by atoms with Gasteiger partial charge >= 0.3 is 0 Å². The summed E-state index contributed by atoms with van der Waals surface area (Å²) in [7, 11) is 0. The molecular formula is C20H18FN5S. The Morgan fingerprint density at radius 1 is 1.07 bits per heavy atom. The van der Waals surface area contributed by atoms with Gasteiger partial charge in [-0.2, -0.15) is 10.2 Å². The summed E-state index contributed by atoms with van der Waals surface area (Å²) in [5, 5.41) is 15.2. The summed E-state index contributed by atoms with van der Waals surface area (Å²) < 4.78 is 15.1. The molecule has 7 heteroatoms. The second-order valence-electron chi connectivity index (χ2n) is 6.49. The number of nitrogens with zero attached hydrogens (tertiary/aromatic N) is 5. The molecule has 3 aromatic heterocycles. The zero-order valence-electron chi connectivity index (χ0n) is 15.0. The number of rotatable bonds is 5. The van der Waals surface area contributed by atoms with Gasteiger partial charge in [-0.25, -0.2) is 9.07 Å². The lowest BCUT2D eigenvalue weighted by Crippen LogP contribution is -2.02. The third-order valence-electron chi connectivity index (χ3n) is 4.21. The van der Waals surface area contributed by atoms with E-state index in [1.807, 2.05) is 24.5 Å². The van der Waals surface area contributed by atoms with Crippen molar-refractivity contribution in [3.63, 3.8) is 0 Å². The fourth-order valence-corrected chi connectivity index (χ4v) is 3.79. The number of pyridine rings is 1. The van der Waals surface area contributed by atoms with Gasteiger partial charge in [0.25, 0.3) is 0 Å². The molecule has 136 valence electrons. The summed E-state index contributed by atoms with van der Waals surface area (Å²) >= 11 is 1.59. The average Bonchev–Trinajstić information content (AvgIpc) is 3.12. The van der Waals surface area contributed by atoms with E-state index < -0.39 is 0 Å². The Morgan fingerprint density at radius 3 is 2.59 bits per heavy atom. The fraction of sp³-hybridized carbons (Fsp3) is 0.200. The molecule has 0 radical (unpaired) electrons. The van der Waals surface area contributed by atoms with E-state index >= 15 is 0 Å². The molecule has 0 aliphatic rings. The Labute approximate surface area is 160 Å². The molecule has 0 saturated carbocycles. The first-order valence-electron chi connectivity index (χ1n) is 8.65. The van der Waals surface area contributed by atoms with E-state index in [0.29, 0.717) is 0 Å². The molecule has 4 rings (SSSR count). The van der Waals surface area contributed by atoms with Crippen LogP contribution in [-0.2, 0) is 5.75 Å². The third-order valence-corrected chi connectivity index (χ3v) is 5.24. The monoisotopic (exact) mass is 379 g/mol. The van der Waals surface area contributed by atoms with E-state index in [1.54, 1.807) is 34.8 Å².